The van der Waals surface area contributed by atoms with E-state index in [1.165, 1.54) is 0 Å². The third kappa shape index (κ3) is 3.96. The van der Waals surface area contributed by atoms with E-state index < -0.39 is 10.0 Å². The van der Waals surface area contributed by atoms with Gasteiger partial charge in [0.2, 0.25) is 10.0 Å². The Kier molecular flexibility index (Phi) is 5.10. The van der Waals surface area contributed by atoms with Crippen LogP contribution in [0.2, 0.25) is 0 Å². The fraction of sp³-hybridized carbons (Fsp3) is 0.600. The number of alkyl halides is 1. The van der Waals surface area contributed by atoms with Crippen LogP contribution in [0.4, 0.5) is 0 Å². The SMILES string of the molecule is CC1CC(C)CN(S(=O)(=O)Cc2cccc(CCl)c2)C1. The molecule has 0 bridgehead atoms. The maximum Gasteiger partial charge on any atom is 0.218 e. The third-order valence-corrected chi connectivity index (χ3v) is 5.82. The van der Waals surface area contributed by atoms with Crippen LogP contribution in [0.3, 0.4) is 0 Å². The number of piperidine rings is 1. The van der Waals surface area contributed by atoms with E-state index in [-0.39, 0.29) is 5.75 Å². The Morgan fingerprint density at radius 1 is 1.20 bits per heavy atom. The van der Waals surface area contributed by atoms with E-state index >= 15 is 0 Å². The Balaban J connectivity index is 2.14. The van der Waals surface area contributed by atoms with Crippen molar-refractivity contribution in [3.8, 4) is 0 Å². The average Bonchev–Trinajstić information content (AvgIpc) is 2.37. The van der Waals surface area contributed by atoms with Crippen LogP contribution in [-0.4, -0.2) is 25.8 Å². The molecule has 0 spiro atoms. The van der Waals surface area contributed by atoms with Crippen LogP contribution in [0, 0.1) is 11.8 Å². The van der Waals surface area contributed by atoms with Gasteiger partial charge in [-0.3, -0.25) is 0 Å². The van der Waals surface area contributed by atoms with Crippen molar-refractivity contribution in [2.75, 3.05) is 13.1 Å². The molecule has 0 amide bonds. The van der Waals surface area contributed by atoms with Crippen LogP contribution in [0.15, 0.2) is 24.3 Å². The van der Waals surface area contributed by atoms with Crippen LogP contribution in [0.1, 0.15) is 31.4 Å². The number of nitrogens with zero attached hydrogens (tertiary/aromatic N) is 1. The molecule has 2 unspecified atom stereocenters. The van der Waals surface area contributed by atoms with E-state index in [0.717, 1.165) is 17.5 Å². The van der Waals surface area contributed by atoms with Crippen molar-refractivity contribution in [1.29, 1.82) is 0 Å². The highest BCUT2D eigenvalue weighted by atomic mass is 35.5. The molecule has 1 fully saturated rings. The first kappa shape index (κ1) is 15.8. The van der Waals surface area contributed by atoms with E-state index in [2.05, 4.69) is 13.8 Å². The van der Waals surface area contributed by atoms with Gasteiger partial charge in [-0.1, -0.05) is 38.1 Å². The van der Waals surface area contributed by atoms with Gasteiger partial charge < -0.3 is 0 Å². The minimum atomic E-state index is -3.24. The summed E-state index contributed by atoms with van der Waals surface area (Å²) in [7, 11) is -3.24. The van der Waals surface area contributed by atoms with Gasteiger partial charge in [0.25, 0.3) is 0 Å². The van der Waals surface area contributed by atoms with Gasteiger partial charge in [0.05, 0.1) is 5.75 Å². The molecule has 112 valence electrons. The molecular weight excluding hydrogens is 294 g/mol. The average molecular weight is 316 g/mol. The molecule has 5 heteroatoms. The van der Waals surface area contributed by atoms with Gasteiger partial charge in [0.15, 0.2) is 0 Å². The highest BCUT2D eigenvalue weighted by Gasteiger charge is 2.30. The maximum atomic E-state index is 12.5. The zero-order valence-electron chi connectivity index (χ0n) is 12.0. The van der Waals surface area contributed by atoms with Crippen molar-refractivity contribution in [3.63, 3.8) is 0 Å². The summed E-state index contributed by atoms with van der Waals surface area (Å²) in [4.78, 5) is 0. The van der Waals surface area contributed by atoms with Gasteiger partial charge in [-0.15, -0.1) is 11.6 Å². The number of sulfonamides is 1. The zero-order valence-corrected chi connectivity index (χ0v) is 13.6. The molecule has 3 nitrogen and oxygen atoms in total. The highest BCUT2D eigenvalue weighted by molar-refractivity contribution is 7.88. The first-order chi connectivity index (χ1) is 9.40. The van der Waals surface area contributed by atoms with Crippen molar-refractivity contribution in [2.45, 2.75) is 31.9 Å². The van der Waals surface area contributed by atoms with Crippen LogP contribution in [0.25, 0.3) is 0 Å². The van der Waals surface area contributed by atoms with Crippen molar-refractivity contribution in [2.24, 2.45) is 11.8 Å². The van der Waals surface area contributed by atoms with Gasteiger partial charge in [-0.2, -0.15) is 0 Å². The largest absolute Gasteiger partial charge is 0.218 e. The minimum absolute atomic E-state index is 0.0666. The summed E-state index contributed by atoms with van der Waals surface area (Å²) in [6.45, 7) is 5.52. The van der Waals surface area contributed by atoms with Crippen LogP contribution < -0.4 is 0 Å². The third-order valence-electron chi connectivity index (χ3n) is 3.72. The lowest BCUT2D eigenvalue weighted by molar-refractivity contribution is 0.222. The molecule has 2 atom stereocenters. The molecule has 1 aromatic carbocycles. The van der Waals surface area contributed by atoms with E-state index in [0.29, 0.717) is 30.8 Å². The molecule has 1 aliphatic rings. The van der Waals surface area contributed by atoms with E-state index in [1.54, 1.807) is 4.31 Å². The standard InChI is InChI=1S/C15H22ClNO2S/c1-12-6-13(2)10-17(9-12)20(18,19)11-15-5-3-4-14(7-15)8-16/h3-5,7,12-13H,6,8-11H2,1-2H3. The Morgan fingerprint density at radius 2 is 1.80 bits per heavy atom. The molecule has 0 saturated carbocycles. The molecular formula is C15H22ClNO2S. The molecule has 20 heavy (non-hydrogen) atoms. The Labute approximate surface area is 127 Å². The first-order valence-corrected chi connectivity index (χ1v) is 9.16. The number of hydrogen-bond acceptors (Lipinski definition) is 2. The summed E-state index contributed by atoms with van der Waals surface area (Å²) < 4.78 is 26.7. The molecule has 1 heterocycles. The van der Waals surface area contributed by atoms with Crippen molar-refractivity contribution < 1.29 is 8.42 Å². The van der Waals surface area contributed by atoms with Gasteiger partial charge in [0, 0.05) is 19.0 Å². The number of halogens is 1. The molecule has 1 aliphatic heterocycles. The summed E-state index contributed by atoms with van der Waals surface area (Å²) >= 11 is 5.80. The molecule has 0 aromatic heterocycles. The molecule has 1 aromatic rings. The highest BCUT2D eigenvalue weighted by Crippen LogP contribution is 2.25. The van der Waals surface area contributed by atoms with Gasteiger partial charge in [-0.05, 0) is 29.4 Å². The van der Waals surface area contributed by atoms with Crippen LogP contribution in [0.5, 0.6) is 0 Å². The quantitative estimate of drug-likeness (QED) is 0.800. The second kappa shape index (κ2) is 6.46. The Hall–Kier alpha value is -0.580. The zero-order chi connectivity index (χ0) is 14.8. The summed E-state index contributed by atoms with van der Waals surface area (Å²) in [6.07, 6.45) is 1.10. The van der Waals surface area contributed by atoms with E-state index in [1.807, 2.05) is 24.3 Å². The van der Waals surface area contributed by atoms with Gasteiger partial charge >= 0.3 is 0 Å². The smallest absolute Gasteiger partial charge is 0.212 e. The predicted molar refractivity (Wildman–Crippen MR) is 83.1 cm³/mol. The summed E-state index contributed by atoms with van der Waals surface area (Å²) in [5.74, 6) is 1.34. The summed E-state index contributed by atoms with van der Waals surface area (Å²) in [6, 6.07) is 7.50. The fourth-order valence-electron chi connectivity index (χ4n) is 2.94. The predicted octanol–water partition coefficient (Wildman–Crippen LogP) is 3.23. The Morgan fingerprint density at radius 3 is 2.40 bits per heavy atom. The van der Waals surface area contributed by atoms with E-state index in [9.17, 15) is 8.42 Å². The lowest BCUT2D eigenvalue weighted by Gasteiger charge is -2.34. The van der Waals surface area contributed by atoms with E-state index in [4.69, 9.17) is 11.6 Å². The number of rotatable bonds is 4. The van der Waals surface area contributed by atoms with Crippen LogP contribution >= 0.6 is 11.6 Å². The number of hydrogen-bond donors (Lipinski definition) is 0. The summed E-state index contributed by atoms with van der Waals surface area (Å²) in [5.41, 5.74) is 1.77. The number of benzene rings is 1. The summed E-state index contributed by atoms with van der Waals surface area (Å²) in [5, 5.41) is 0. The lowest BCUT2D eigenvalue weighted by atomic mass is 9.94. The monoisotopic (exact) mass is 315 g/mol. The molecule has 0 N–H and O–H groups in total. The van der Waals surface area contributed by atoms with Crippen molar-refractivity contribution in [3.05, 3.63) is 35.4 Å². The molecule has 0 radical (unpaired) electrons. The topological polar surface area (TPSA) is 37.4 Å². The molecule has 0 aliphatic carbocycles. The van der Waals surface area contributed by atoms with Gasteiger partial charge in [-0.25, -0.2) is 12.7 Å². The normalized spacial score (nSPS) is 24.8. The second-order valence-corrected chi connectivity index (χ2v) is 8.21. The first-order valence-electron chi connectivity index (χ1n) is 7.02. The lowest BCUT2D eigenvalue weighted by Crippen LogP contribution is -2.43. The maximum absolute atomic E-state index is 12.5. The molecule has 1 saturated heterocycles. The van der Waals surface area contributed by atoms with Crippen molar-refractivity contribution in [1.82, 2.24) is 4.31 Å². The second-order valence-electron chi connectivity index (χ2n) is 5.97. The fourth-order valence-corrected chi connectivity index (χ4v) is 4.85. The molecule has 2 rings (SSSR count). The van der Waals surface area contributed by atoms with Gasteiger partial charge in [0.1, 0.15) is 0 Å². The Bertz CT molecular complexity index is 549. The van der Waals surface area contributed by atoms with Crippen LogP contribution in [-0.2, 0) is 21.7 Å². The van der Waals surface area contributed by atoms with Crippen molar-refractivity contribution >= 4 is 21.6 Å². The minimum Gasteiger partial charge on any atom is -0.212 e.